The molecule has 1 fully saturated rings. The largest absolute Gasteiger partial charge is 0.507 e. The molecule has 1 aliphatic rings. The lowest BCUT2D eigenvalue weighted by Gasteiger charge is -2.33. The molecule has 2 aromatic heterocycles. The Bertz CT molecular complexity index is 1770. The monoisotopic (exact) mass is 535 g/mol. The summed E-state index contributed by atoms with van der Waals surface area (Å²) in [5, 5.41) is 22.9. The summed E-state index contributed by atoms with van der Waals surface area (Å²) in [5.74, 6) is -1.09. The number of fused-ring (bicyclic) bond motifs is 2. The number of likely N-dealkylation sites (N-methyl/N-ethyl adjacent to an activating group) is 1. The first-order chi connectivity index (χ1) is 19.4. The van der Waals surface area contributed by atoms with Crippen LogP contribution >= 0.6 is 0 Å². The van der Waals surface area contributed by atoms with Gasteiger partial charge in [-0.3, -0.25) is 14.6 Å². The lowest BCUT2D eigenvalue weighted by atomic mass is 9.84. The highest BCUT2D eigenvalue weighted by Gasteiger charge is 2.31. The van der Waals surface area contributed by atoms with Gasteiger partial charge in [0.25, 0.3) is 0 Å². The molecule has 0 unspecified atom stereocenters. The highest BCUT2D eigenvalue weighted by atomic mass is 16.3. The Morgan fingerprint density at radius 3 is 2.45 bits per heavy atom. The van der Waals surface area contributed by atoms with E-state index < -0.39 is 11.3 Å². The maximum atomic E-state index is 13.7. The van der Waals surface area contributed by atoms with Crippen molar-refractivity contribution >= 4 is 27.8 Å². The number of aromatic hydroxyl groups is 2. The van der Waals surface area contributed by atoms with E-state index in [1.807, 2.05) is 72.6 Å². The minimum Gasteiger partial charge on any atom is -0.507 e. The van der Waals surface area contributed by atoms with Crippen molar-refractivity contribution in [3.8, 4) is 22.8 Å². The van der Waals surface area contributed by atoms with Crippen LogP contribution in [0.15, 0.2) is 88.2 Å². The average Bonchev–Trinajstić information content (AvgIpc) is 2.96. The van der Waals surface area contributed by atoms with E-state index in [1.54, 1.807) is 6.20 Å². The van der Waals surface area contributed by atoms with Gasteiger partial charge in [-0.25, -0.2) is 0 Å². The molecular weight excluding hydrogens is 506 g/mol. The molecule has 1 aliphatic heterocycles. The van der Waals surface area contributed by atoms with Crippen LogP contribution in [0.25, 0.3) is 33.2 Å². The van der Waals surface area contributed by atoms with Crippen LogP contribution in [0.3, 0.4) is 0 Å². The Labute approximate surface area is 230 Å². The van der Waals surface area contributed by atoms with E-state index in [1.165, 1.54) is 6.07 Å². The Morgan fingerprint density at radius 1 is 0.950 bits per heavy atom. The molecule has 8 nitrogen and oxygen atoms in total. The van der Waals surface area contributed by atoms with Gasteiger partial charge < -0.3 is 24.4 Å². The van der Waals surface area contributed by atoms with Crippen LogP contribution < -0.4 is 5.43 Å². The van der Waals surface area contributed by atoms with Gasteiger partial charge in [0.15, 0.2) is 5.43 Å². The molecule has 5 aromatic rings. The molecule has 1 amide bonds. The highest BCUT2D eigenvalue weighted by molar-refractivity contribution is 5.92. The number of aromatic nitrogens is 1. The summed E-state index contributed by atoms with van der Waals surface area (Å²) in [4.78, 5) is 35.6. The van der Waals surface area contributed by atoms with Gasteiger partial charge in [-0.05, 0) is 24.7 Å². The predicted molar refractivity (Wildman–Crippen MR) is 154 cm³/mol. The maximum absolute atomic E-state index is 13.7. The summed E-state index contributed by atoms with van der Waals surface area (Å²) in [6, 6.07) is 21.1. The number of hydrogen-bond donors (Lipinski definition) is 2. The zero-order valence-electron chi connectivity index (χ0n) is 22.1. The molecule has 0 saturated carbocycles. The highest BCUT2D eigenvalue weighted by Crippen LogP contribution is 2.44. The van der Waals surface area contributed by atoms with E-state index >= 15 is 0 Å². The van der Waals surface area contributed by atoms with Gasteiger partial charge in [0.2, 0.25) is 5.91 Å². The van der Waals surface area contributed by atoms with Crippen molar-refractivity contribution in [2.24, 2.45) is 0 Å². The third-order valence-electron chi connectivity index (χ3n) is 7.70. The molecule has 6 rings (SSSR count). The summed E-state index contributed by atoms with van der Waals surface area (Å²) >= 11 is 0. The normalized spacial score (nSPS) is 15.0. The van der Waals surface area contributed by atoms with Crippen molar-refractivity contribution in [3.05, 3.63) is 100 Å². The van der Waals surface area contributed by atoms with Crippen molar-refractivity contribution in [1.82, 2.24) is 14.8 Å². The number of hydrogen-bond acceptors (Lipinski definition) is 7. The van der Waals surface area contributed by atoms with E-state index in [2.05, 4.69) is 9.88 Å². The Hall–Kier alpha value is -4.69. The Balaban J connectivity index is 1.59. The van der Waals surface area contributed by atoms with Crippen LogP contribution in [-0.2, 0) is 4.79 Å². The minimum absolute atomic E-state index is 0.0322. The van der Waals surface area contributed by atoms with Gasteiger partial charge >= 0.3 is 0 Å². The third-order valence-corrected chi connectivity index (χ3v) is 7.70. The molecule has 8 heteroatoms. The smallest absolute Gasteiger partial charge is 0.223 e. The van der Waals surface area contributed by atoms with Crippen LogP contribution in [0.2, 0.25) is 0 Å². The van der Waals surface area contributed by atoms with E-state index in [0.717, 1.165) is 35.6 Å². The van der Waals surface area contributed by atoms with E-state index in [9.17, 15) is 19.8 Å². The van der Waals surface area contributed by atoms with Crippen LogP contribution in [0.4, 0.5) is 0 Å². The first-order valence-corrected chi connectivity index (χ1v) is 13.3. The average molecular weight is 536 g/mol. The van der Waals surface area contributed by atoms with Crippen molar-refractivity contribution in [2.45, 2.75) is 12.3 Å². The topological polar surface area (TPSA) is 107 Å². The Morgan fingerprint density at radius 2 is 1.68 bits per heavy atom. The van der Waals surface area contributed by atoms with Crippen LogP contribution in [-0.4, -0.2) is 64.1 Å². The van der Waals surface area contributed by atoms with Gasteiger partial charge in [0.1, 0.15) is 28.2 Å². The molecule has 0 aliphatic carbocycles. The number of nitrogens with zero attached hydrogens (tertiary/aromatic N) is 3. The zero-order valence-corrected chi connectivity index (χ0v) is 22.1. The molecule has 0 bridgehead atoms. The number of carbonyl (C=O) groups is 1. The van der Waals surface area contributed by atoms with Crippen LogP contribution in [0.5, 0.6) is 11.5 Å². The summed E-state index contributed by atoms with van der Waals surface area (Å²) in [7, 11) is 2.03. The fourth-order valence-corrected chi connectivity index (χ4v) is 5.55. The van der Waals surface area contributed by atoms with Crippen molar-refractivity contribution in [1.29, 1.82) is 0 Å². The summed E-state index contributed by atoms with van der Waals surface area (Å²) in [5.41, 5.74) is 2.08. The number of carbonyl (C=O) groups excluding carboxylic acids is 1. The fourth-order valence-electron chi connectivity index (χ4n) is 5.55. The molecule has 3 aromatic carbocycles. The van der Waals surface area contributed by atoms with E-state index in [-0.39, 0.29) is 40.4 Å². The predicted octanol–water partition coefficient (Wildman–Crippen LogP) is 4.72. The van der Waals surface area contributed by atoms with Crippen molar-refractivity contribution in [3.63, 3.8) is 0 Å². The van der Waals surface area contributed by atoms with Gasteiger partial charge in [0, 0.05) is 73.4 Å². The SMILES string of the molecule is CN1CCN(C(=O)C[C@H](c2ccnc3ccccc23)c2c(O)cc(O)c3c(=O)cc(-c4ccccc4)oc23)CC1. The molecule has 0 radical (unpaired) electrons. The molecule has 40 heavy (non-hydrogen) atoms. The molecular formula is C32H29N3O5. The first kappa shape index (κ1) is 25.6. The second-order valence-electron chi connectivity index (χ2n) is 10.2. The van der Waals surface area contributed by atoms with Gasteiger partial charge in [-0.1, -0.05) is 48.5 Å². The van der Waals surface area contributed by atoms with E-state index in [0.29, 0.717) is 24.4 Å². The third kappa shape index (κ3) is 4.67. The van der Waals surface area contributed by atoms with Crippen LogP contribution in [0, 0.1) is 0 Å². The molecule has 3 heterocycles. The second kappa shape index (κ2) is 10.5. The number of pyridine rings is 1. The summed E-state index contributed by atoms with van der Waals surface area (Å²) < 4.78 is 6.31. The first-order valence-electron chi connectivity index (χ1n) is 13.3. The standard InChI is InChI=1S/C32H29N3O5/c1-34-13-15-35(16-14-34)29(39)17-23(21-11-12-33-24-10-6-5-9-22(21)24)30-25(36)18-26(37)31-27(38)19-28(40-32(30)31)20-7-3-2-4-8-20/h2-12,18-19,23,36-37H,13-17H2,1H3/t23-/m1/s1. The Kier molecular flexibility index (Phi) is 6.69. The molecule has 0 spiro atoms. The quantitative estimate of drug-likeness (QED) is 0.336. The number of phenolic OH excluding ortho intramolecular Hbond substituents is 2. The summed E-state index contributed by atoms with van der Waals surface area (Å²) in [6.45, 7) is 2.76. The van der Waals surface area contributed by atoms with Crippen molar-refractivity contribution in [2.75, 3.05) is 33.2 Å². The van der Waals surface area contributed by atoms with Gasteiger partial charge in [-0.2, -0.15) is 0 Å². The number of amides is 1. The second-order valence-corrected chi connectivity index (χ2v) is 10.2. The minimum atomic E-state index is -0.683. The van der Waals surface area contributed by atoms with E-state index in [4.69, 9.17) is 4.42 Å². The number of rotatable bonds is 5. The van der Waals surface area contributed by atoms with Crippen LogP contribution in [0.1, 0.15) is 23.5 Å². The number of piperazine rings is 1. The van der Waals surface area contributed by atoms with Gasteiger partial charge in [-0.15, -0.1) is 0 Å². The maximum Gasteiger partial charge on any atom is 0.223 e. The molecule has 1 atom stereocenters. The fraction of sp³-hybridized carbons (Fsp3) is 0.219. The molecule has 202 valence electrons. The van der Waals surface area contributed by atoms with Crippen molar-refractivity contribution < 1.29 is 19.4 Å². The zero-order chi connectivity index (χ0) is 27.8. The summed E-state index contributed by atoms with van der Waals surface area (Å²) in [6.07, 6.45) is 1.71. The number of benzene rings is 3. The molecule has 2 N–H and O–H groups in total. The van der Waals surface area contributed by atoms with Gasteiger partial charge in [0.05, 0.1) is 5.52 Å². The number of para-hydroxylation sites is 1. The lowest BCUT2D eigenvalue weighted by molar-refractivity contribution is -0.133. The lowest BCUT2D eigenvalue weighted by Crippen LogP contribution is -2.47. The molecule has 1 saturated heterocycles. The number of phenols is 2.